The van der Waals surface area contributed by atoms with Gasteiger partial charge in [-0.05, 0) is 42.4 Å². The lowest BCUT2D eigenvalue weighted by Gasteiger charge is -2.08. The molecule has 4 heteroatoms. The normalized spacial score (nSPS) is 10.8. The zero-order chi connectivity index (χ0) is 14.4. The number of rotatable bonds is 6. The van der Waals surface area contributed by atoms with E-state index in [0.29, 0.717) is 12.2 Å². The summed E-state index contributed by atoms with van der Waals surface area (Å²) in [6, 6.07) is 13.0. The van der Waals surface area contributed by atoms with Crippen LogP contribution < -0.4 is 5.32 Å². The first kappa shape index (κ1) is 15.2. The number of benzene rings is 2. The molecule has 2 aromatic carbocycles. The molecule has 0 saturated carbocycles. The Balaban J connectivity index is 1.95. The van der Waals surface area contributed by atoms with Crippen molar-refractivity contribution in [1.82, 2.24) is 5.32 Å². The van der Waals surface area contributed by atoms with Gasteiger partial charge >= 0.3 is 0 Å². The van der Waals surface area contributed by atoms with Gasteiger partial charge in [-0.2, -0.15) is 0 Å². The van der Waals surface area contributed by atoms with E-state index in [0.717, 1.165) is 22.1 Å². The predicted octanol–water partition coefficient (Wildman–Crippen LogP) is 4.02. The zero-order valence-corrected chi connectivity index (χ0v) is 12.9. The average Bonchev–Trinajstić information content (AvgIpc) is 2.43. The van der Waals surface area contributed by atoms with Crippen LogP contribution in [0.3, 0.4) is 0 Å². The van der Waals surface area contributed by atoms with Crippen LogP contribution in [0.5, 0.6) is 0 Å². The summed E-state index contributed by atoms with van der Waals surface area (Å²) < 4.78 is 20.3. The summed E-state index contributed by atoms with van der Waals surface area (Å²) in [6.45, 7) is 1.46. The predicted molar refractivity (Wildman–Crippen MR) is 81.8 cm³/mol. The van der Waals surface area contributed by atoms with E-state index < -0.39 is 0 Å². The highest BCUT2D eigenvalue weighted by Gasteiger charge is 2.04. The number of nitrogens with one attached hydrogen (secondary N) is 1. The molecule has 106 valence electrons. The van der Waals surface area contributed by atoms with E-state index in [4.69, 9.17) is 4.74 Å². The van der Waals surface area contributed by atoms with Gasteiger partial charge in [0.1, 0.15) is 5.82 Å². The molecule has 0 aliphatic heterocycles. The van der Waals surface area contributed by atoms with Gasteiger partial charge in [-0.3, -0.25) is 0 Å². The van der Waals surface area contributed by atoms with Crippen molar-refractivity contribution in [3.05, 3.63) is 69.4 Å². The molecule has 0 atom stereocenters. The van der Waals surface area contributed by atoms with Crippen LogP contribution in [0, 0.1) is 5.82 Å². The molecule has 0 amide bonds. The smallest absolute Gasteiger partial charge is 0.128 e. The standard InChI is InChI=1S/C16H17BrFNO/c1-19-9-12-5-6-16(18)14(7-12)11-20-10-13-3-2-4-15(17)8-13/h2-8,19H,9-11H2,1H3. The lowest BCUT2D eigenvalue weighted by molar-refractivity contribution is 0.105. The molecular formula is C16H17BrFNO. The fourth-order valence-electron chi connectivity index (χ4n) is 1.96. The molecule has 0 heterocycles. The van der Waals surface area contributed by atoms with Gasteiger partial charge in [0.05, 0.1) is 13.2 Å². The topological polar surface area (TPSA) is 21.3 Å². The summed E-state index contributed by atoms with van der Waals surface area (Å²) in [5, 5.41) is 3.05. The second-order valence-corrected chi connectivity index (χ2v) is 5.49. The minimum atomic E-state index is -0.223. The van der Waals surface area contributed by atoms with Crippen molar-refractivity contribution in [2.75, 3.05) is 7.05 Å². The van der Waals surface area contributed by atoms with Crippen molar-refractivity contribution >= 4 is 15.9 Å². The number of ether oxygens (including phenoxy) is 1. The molecule has 0 aliphatic rings. The second kappa shape index (κ2) is 7.53. The van der Waals surface area contributed by atoms with E-state index in [1.165, 1.54) is 6.07 Å². The van der Waals surface area contributed by atoms with Crippen molar-refractivity contribution in [1.29, 1.82) is 0 Å². The summed E-state index contributed by atoms with van der Waals surface area (Å²) >= 11 is 3.41. The third-order valence-corrected chi connectivity index (χ3v) is 3.40. The first-order chi connectivity index (χ1) is 9.69. The third kappa shape index (κ3) is 4.40. The largest absolute Gasteiger partial charge is 0.372 e. The lowest BCUT2D eigenvalue weighted by Crippen LogP contribution is -2.06. The van der Waals surface area contributed by atoms with Gasteiger partial charge in [0, 0.05) is 16.6 Å². The van der Waals surface area contributed by atoms with Crippen LogP contribution in [0.4, 0.5) is 4.39 Å². The van der Waals surface area contributed by atoms with Crippen LogP contribution in [0.1, 0.15) is 16.7 Å². The highest BCUT2D eigenvalue weighted by Crippen LogP contribution is 2.15. The van der Waals surface area contributed by atoms with E-state index in [9.17, 15) is 4.39 Å². The molecule has 1 N–H and O–H groups in total. The Hall–Kier alpha value is -1.23. The molecule has 0 aliphatic carbocycles. The van der Waals surface area contributed by atoms with Crippen molar-refractivity contribution in [2.24, 2.45) is 0 Å². The van der Waals surface area contributed by atoms with E-state index in [2.05, 4.69) is 21.2 Å². The molecule has 2 nitrogen and oxygen atoms in total. The van der Waals surface area contributed by atoms with Crippen LogP contribution in [0.2, 0.25) is 0 Å². The molecule has 20 heavy (non-hydrogen) atoms. The maximum atomic E-state index is 13.7. The van der Waals surface area contributed by atoms with E-state index in [1.807, 2.05) is 37.4 Å². The quantitative estimate of drug-likeness (QED) is 0.859. The summed E-state index contributed by atoms with van der Waals surface area (Å²) in [4.78, 5) is 0. The van der Waals surface area contributed by atoms with Crippen LogP contribution in [0.15, 0.2) is 46.9 Å². The molecule has 0 saturated heterocycles. The maximum Gasteiger partial charge on any atom is 0.128 e. The van der Waals surface area contributed by atoms with E-state index in [1.54, 1.807) is 6.07 Å². The van der Waals surface area contributed by atoms with Gasteiger partial charge in [0.15, 0.2) is 0 Å². The average molecular weight is 338 g/mol. The Morgan fingerprint density at radius 1 is 1.10 bits per heavy atom. The maximum absolute atomic E-state index is 13.7. The lowest BCUT2D eigenvalue weighted by atomic mass is 10.1. The van der Waals surface area contributed by atoms with Crippen molar-refractivity contribution in [3.8, 4) is 0 Å². The van der Waals surface area contributed by atoms with Crippen LogP contribution in [-0.2, 0) is 24.5 Å². The molecule has 0 bridgehead atoms. The summed E-state index contributed by atoms with van der Waals surface area (Å²) in [6.07, 6.45) is 0. The molecule has 0 spiro atoms. The van der Waals surface area contributed by atoms with E-state index >= 15 is 0 Å². The molecule has 0 unspecified atom stereocenters. The molecule has 0 fully saturated rings. The van der Waals surface area contributed by atoms with Crippen LogP contribution >= 0.6 is 15.9 Å². The minimum Gasteiger partial charge on any atom is -0.372 e. The summed E-state index contributed by atoms with van der Waals surface area (Å²) in [7, 11) is 1.87. The minimum absolute atomic E-state index is 0.223. The Morgan fingerprint density at radius 2 is 1.95 bits per heavy atom. The number of hydrogen-bond donors (Lipinski definition) is 1. The van der Waals surface area contributed by atoms with Gasteiger partial charge in [0.2, 0.25) is 0 Å². The SMILES string of the molecule is CNCc1ccc(F)c(COCc2cccc(Br)c2)c1. The Morgan fingerprint density at radius 3 is 2.70 bits per heavy atom. The fourth-order valence-corrected chi connectivity index (χ4v) is 2.41. The fraction of sp³-hybridized carbons (Fsp3) is 0.250. The molecule has 2 rings (SSSR count). The summed E-state index contributed by atoms with van der Waals surface area (Å²) in [5.74, 6) is -0.223. The molecule has 2 aromatic rings. The highest BCUT2D eigenvalue weighted by atomic mass is 79.9. The molecule has 0 aromatic heterocycles. The Bertz CT molecular complexity index is 574. The summed E-state index contributed by atoms with van der Waals surface area (Å²) in [5.41, 5.74) is 2.70. The van der Waals surface area contributed by atoms with Crippen molar-refractivity contribution in [2.45, 2.75) is 19.8 Å². The van der Waals surface area contributed by atoms with Gasteiger partial charge in [0.25, 0.3) is 0 Å². The zero-order valence-electron chi connectivity index (χ0n) is 11.3. The van der Waals surface area contributed by atoms with Crippen LogP contribution in [-0.4, -0.2) is 7.05 Å². The van der Waals surface area contributed by atoms with E-state index in [-0.39, 0.29) is 12.4 Å². The van der Waals surface area contributed by atoms with Crippen LogP contribution in [0.25, 0.3) is 0 Å². The first-order valence-corrected chi connectivity index (χ1v) is 7.22. The third-order valence-electron chi connectivity index (χ3n) is 2.91. The van der Waals surface area contributed by atoms with Crippen molar-refractivity contribution in [3.63, 3.8) is 0 Å². The monoisotopic (exact) mass is 337 g/mol. The van der Waals surface area contributed by atoms with Gasteiger partial charge in [-0.1, -0.05) is 34.1 Å². The van der Waals surface area contributed by atoms with Gasteiger partial charge in [-0.15, -0.1) is 0 Å². The second-order valence-electron chi connectivity index (χ2n) is 4.58. The van der Waals surface area contributed by atoms with Gasteiger partial charge in [-0.25, -0.2) is 4.39 Å². The van der Waals surface area contributed by atoms with Crippen molar-refractivity contribution < 1.29 is 9.13 Å². The highest BCUT2D eigenvalue weighted by molar-refractivity contribution is 9.10. The Kier molecular flexibility index (Phi) is 5.71. The number of hydrogen-bond acceptors (Lipinski definition) is 2. The molecular weight excluding hydrogens is 321 g/mol. The first-order valence-electron chi connectivity index (χ1n) is 6.43. The Labute approximate surface area is 127 Å². The number of halogens is 2. The van der Waals surface area contributed by atoms with Gasteiger partial charge < -0.3 is 10.1 Å². The molecule has 0 radical (unpaired) electrons.